The average Bonchev–Trinajstić information content (AvgIpc) is 2.43. The SMILES string of the molecule is Cc1c[nH]c(=S)[nH]c1=O.O=C(O)COc1c[nH]c(=O)[nH]c1=O. The Morgan fingerprint density at radius 2 is 1.86 bits per heavy atom. The van der Waals surface area contributed by atoms with Gasteiger partial charge in [0.2, 0.25) is 5.75 Å². The number of H-pyrrole nitrogens is 4. The smallest absolute Gasteiger partial charge is 0.341 e. The molecule has 0 aromatic carbocycles. The zero-order valence-corrected chi connectivity index (χ0v) is 12.1. The molecule has 2 rings (SSSR count). The number of aromatic amines is 4. The van der Waals surface area contributed by atoms with Crippen LogP contribution in [0.2, 0.25) is 0 Å². The molecule has 0 saturated carbocycles. The van der Waals surface area contributed by atoms with Crippen molar-refractivity contribution in [3.8, 4) is 5.75 Å². The maximum Gasteiger partial charge on any atom is 0.341 e. The molecule has 0 fully saturated rings. The molecular formula is C11H12N4O6S. The zero-order chi connectivity index (χ0) is 16.7. The number of ether oxygens (including phenoxy) is 1. The molecule has 10 nitrogen and oxygen atoms in total. The number of aromatic nitrogens is 4. The molecule has 0 aliphatic rings. The van der Waals surface area contributed by atoms with Gasteiger partial charge >= 0.3 is 11.7 Å². The van der Waals surface area contributed by atoms with Crippen LogP contribution in [0, 0.1) is 11.7 Å². The number of carboxylic acid groups (broad SMARTS) is 1. The largest absolute Gasteiger partial charge is 0.479 e. The van der Waals surface area contributed by atoms with Gasteiger partial charge in [0.25, 0.3) is 11.1 Å². The molecule has 0 aliphatic heterocycles. The van der Waals surface area contributed by atoms with Gasteiger partial charge in [-0.25, -0.2) is 9.59 Å². The Kier molecular flexibility index (Phi) is 6.01. The van der Waals surface area contributed by atoms with E-state index in [9.17, 15) is 19.2 Å². The van der Waals surface area contributed by atoms with Crippen LogP contribution < -0.4 is 21.5 Å². The van der Waals surface area contributed by atoms with E-state index in [-0.39, 0.29) is 11.3 Å². The molecular weight excluding hydrogens is 316 g/mol. The fourth-order valence-electron chi connectivity index (χ4n) is 1.12. The molecule has 0 aliphatic carbocycles. The molecule has 0 spiro atoms. The van der Waals surface area contributed by atoms with Crippen LogP contribution in [0.5, 0.6) is 5.75 Å². The molecule has 0 radical (unpaired) electrons. The van der Waals surface area contributed by atoms with Crippen molar-refractivity contribution in [2.45, 2.75) is 6.92 Å². The number of carbonyl (C=O) groups is 1. The summed E-state index contributed by atoms with van der Waals surface area (Å²) in [6, 6.07) is 0. The lowest BCUT2D eigenvalue weighted by atomic mass is 10.4. The zero-order valence-electron chi connectivity index (χ0n) is 11.3. The van der Waals surface area contributed by atoms with E-state index in [1.807, 2.05) is 4.98 Å². The maximum absolute atomic E-state index is 10.9. The normalized spacial score (nSPS) is 9.50. The van der Waals surface area contributed by atoms with E-state index in [1.165, 1.54) is 0 Å². The van der Waals surface area contributed by atoms with Crippen LogP contribution in [0.15, 0.2) is 26.8 Å². The Balaban J connectivity index is 0.000000235. The van der Waals surface area contributed by atoms with Crippen LogP contribution in [0.25, 0.3) is 0 Å². The average molecular weight is 328 g/mol. The Bertz CT molecular complexity index is 877. The summed E-state index contributed by atoms with van der Waals surface area (Å²) in [5.74, 6) is -1.44. The van der Waals surface area contributed by atoms with Crippen LogP contribution >= 0.6 is 12.2 Å². The molecule has 118 valence electrons. The van der Waals surface area contributed by atoms with Crippen molar-refractivity contribution < 1.29 is 14.6 Å². The third kappa shape index (κ3) is 5.58. The van der Waals surface area contributed by atoms with Gasteiger partial charge in [0.05, 0.1) is 6.20 Å². The summed E-state index contributed by atoms with van der Waals surface area (Å²) >= 11 is 4.65. The van der Waals surface area contributed by atoms with Crippen molar-refractivity contribution in [2.75, 3.05) is 6.61 Å². The Labute approximate surface area is 126 Å². The number of aliphatic carboxylic acids is 1. The highest BCUT2D eigenvalue weighted by Crippen LogP contribution is 1.94. The van der Waals surface area contributed by atoms with Gasteiger partial charge in [0.1, 0.15) is 0 Å². The first kappa shape index (κ1) is 17.1. The van der Waals surface area contributed by atoms with E-state index in [1.54, 1.807) is 13.1 Å². The Morgan fingerprint density at radius 1 is 1.18 bits per heavy atom. The number of aryl methyl sites for hydroxylation is 1. The molecule has 2 heterocycles. The molecule has 0 saturated heterocycles. The third-order valence-electron chi connectivity index (χ3n) is 2.14. The second kappa shape index (κ2) is 7.73. The second-order valence-electron chi connectivity index (χ2n) is 3.87. The molecule has 0 bridgehead atoms. The molecule has 2 aromatic heterocycles. The summed E-state index contributed by atoms with van der Waals surface area (Å²) < 4.78 is 4.91. The van der Waals surface area contributed by atoms with Crippen molar-refractivity contribution in [2.24, 2.45) is 0 Å². The number of carboxylic acids is 1. The summed E-state index contributed by atoms with van der Waals surface area (Å²) in [6.45, 7) is 1.08. The van der Waals surface area contributed by atoms with Gasteiger partial charge in [-0.1, -0.05) is 0 Å². The van der Waals surface area contributed by atoms with Gasteiger partial charge in [-0.3, -0.25) is 19.6 Å². The number of hydrogen-bond donors (Lipinski definition) is 5. The molecule has 0 amide bonds. The van der Waals surface area contributed by atoms with E-state index < -0.39 is 23.8 Å². The van der Waals surface area contributed by atoms with Gasteiger partial charge in [-0.2, -0.15) is 0 Å². The highest BCUT2D eigenvalue weighted by atomic mass is 32.1. The van der Waals surface area contributed by atoms with Gasteiger partial charge in [0.15, 0.2) is 11.4 Å². The number of rotatable bonds is 3. The quantitative estimate of drug-likeness (QED) is 0.464. The van der Waals surface area contributed by atoms with Gasteiger partial charge < -0.3 is 19.8 Å². The highest BCUT2D eigenvalue weighted by Gasteiger charge is 2.03. The van der Waals surface area contributed by atoms with E-state index in [0.717, 1.165) is 6.20 Å². The molecule has 11 heteroatoms. The predicted molar refractivity (Wildman–Crippen MR) is 77.8 cm³/mol. The monoisotopic (exact) mass is 328 g/mol. The van der Waals surface area contributed by atoms with E-state index in [0.29, 0.717) is 10.3 Å². The van der Waals surface area contributed by atoms with Gasteiger partial charge in [-0.05, 0) is 19.1 Å². The highest BCUT2D eigenvalue weighted by molar-refractivity contribution is 7.71. The molecule has 5 N–H and O–H groups in total. The van der Waals surface area contributed by atoms with Crippen molar-refractivity contribution in [3.05, 3.63) is 53.9 Å². The minimum atomic E-state index is -1.20. The van der Waals surface area contributed by atoms with Crippen LogP contribution in [-0.2, 0) is 4.79 Å². The summed E-state index contributed by atoms with van der Waals surface area (Å²) in [5.41, 5.74) is -0.917. The lowest BCUT2D eigenvalue weighted by molar-refractivity contribution is -0.139. The first-order valence-corrected chi connectivity index (χ1v) is 6.15. The topological polar surface area (TPSA) is 161 Å². The van der Waals surface area contributed by atoms with Crippen molar-refractivity contribution in [1.82, 2.24) is 19.9 Å². The second-order valence-corrected chi connectivity index (χ2v) is 4.28. The summed E-state index contributed by atoms with van der Waals surface area (Å²) in [7, 11) is 0. The van der Waals surface area contributed by atoms with E-state index in [2.05, 4.69) is 31.9 Å². The summed E-state index contributed by atoms with van der Waals surface area (Å²) in [5, 5.41) is 8.21. The van der Waals surface area contributed by atoms with Gasteiger partial charge in [-0.15, -0.1) is 0 Å². The van der Waals surface area contributed by atoms with Crippen LogP contribution in [0.1, 0.15) is 5.56 Å². The Morgan fingerprint density at radius 3 is 2.36 bits per heavy atom. The molecule has 0 unspecified atom stereocenters. The van der Waals surface area contributed by atoms with Crippen molar-refractivity contribution in [3.63, 3.8) is 0 Å². The lowest BCUT2D eigenvalue weighted by Crippen LogP contribution is -2.24. The fourth-order valence-corrected chi connectivity index (χ4v) is 1.27. The molecule has 0 atom stereocenters. The van der Waals surface area contributed by atoms with Crippen molar-refractivity contribution in [1.29, 1.82) is 0 Å². The first-order valence-electron chi connectivity index (χ1n) is 5.75. The minimum absolute atomic E-state index is 0.126. The fraction of sp³-hybridized carbons (Fsp3) is 0.182. The van der Waals surface area contributed by atoms with Crippen LogP contribution in [0.3, 0.4) is 0 Å². The van der Waals surface area contributed by atoms with Crippen molar-refractivity contribution >= 4 is 18.2 Å². The maximum atomic E-state index is 10.9. The van der Waals surface area contributed by atoms with E-state index in [4.69, 9.17) is 5.11 Å². The predicted octanol–water partition coefficient (Wildman–Crippen LogP) is -0.732. The first-order chi connectivity index (χ1) is 10.3. The Hall–Kier alpha value is -2.95. The molecule has 22 heavy (non-hydrogen) atoms. The third-order valence-corrected chi connectivity index (χ3v) is 2.36. The minimum Gasteiger partial charge on any atom is -0.479 e. The number of nitrogens with one attached hydrogen (secondary N) is 4. The van der Waals surface area contributed by atoms with E-state index >= 15 is 0 Å². The summed E-state index contributed by atoms with van der Waals surface area (Å²) in [4.78, 5) is 51.3. The molecule has 2 aromatic rings. The number of hydrogen-bond acceptors (Lipinski definition) is 6. The standard InChI is InChI=1S/C6H6N2O5.C5H6N2OS/c9-4(10)2-13-3-1-7-6(12)8-5(3)11;1-3-2-6-5(9)7-4(3)8/h1H,2H2,(H,9,10)(H2,7,8,11,12);2H,1H3,(H2,6,7,8,9). The van der Waals surface area contributed by atoms with Gasteiger partial charge in [0, 0.05) is 11.8 Å². The van der Waals surface area contributed by atoms with Crippen LogP contribution in [0.4, 0.5) is 0 Å². The van der Waals surface area contributed by atoms with Crippen LogP contribution in [-0.4, -0.2) is 37.6 Å². The summed E-state index contributed by atoms with van der Waals surface area (Å²) in [6.07, 6.45) is 2.59. The lowest BCUT2D eigenvalue weighted by Gasteiger charge is -1.99.